The predicted molar refractivity (Wildman–Crippen MR) is 77.1 cm³/mol. The Hall–Kier alpha value is -1.33. The molecule has 0 radical (unpaired) electrons. The van der Waals surface area contributed by atoms with Gasteiger partial charge in [0.15, 0.2) is 0 Å². The molecule has 6 heteroatoms. The third-order valence-corrected chi connectivity index (χ3v) is 4.89. The molecule has 0 spiro atoms. The van der Waals surface area contributed by atoms with Crippen LogP contribution in [0.4, 0.5) is 11.4 Å². The minimum absolute atomic E-state index is 0.0373. The fraction of sp³-hybridized carbons (Fsp3) is 0.571. The van der Waals surface area contributed by atoms with Gasteiger partial charge in [-0.3, -0.25) is 10.1 Å². The number of benzene rings is 1. The highest BCUT2D eigenvalue weighted by atomic mass is 35.5. The minimum Gasteiger partial charge on any atom is -0.381 e. The van der Waals surface area contributed by atoms with Gasteiger partial charge in [-0.2, -0.15) is 0 Å². The molecule has 20 heavy (non-hydrogen) atoms. The van der Waals surface area contributed by atoms with Crippen LogP contribution in [0.3, 0.4) is 0 Å². The Morgan fingerprint density at radius 1 is 1.50 bits per heavy atom. The molecule has 108 valence electrons. The number of nitrogens with zero attached hydrogens (tertiary/aromatic N) is 1. The van der Waals surface area contributed by atoms with Gasteiger partial charge in [-0.15, -0.1) is 0 Å². The van der Waals surface area contributed by atoms with Crippen molar-refractivity contribution in [3.63, 3.8) is 0 Å². The number of rotatable bonds is 3. The van der Waals surface area contributed by atoms with E-state index in [4.69, 9.17) is 16.3 Å². The van der Waals surface area contributed by atoms with E-state index < -0.39 is 4.92 Å². The van der Waals surface area contributed by atoms with Crippen molar-refractivity contribution < 1.29 is 9.66 Å². The van der Waals surface area contributed by atoms with Crippen LogP contribution in [0.2, 0.25) is 5.02 Å². The molecular formula is C14H17ClN2O3. The summed E-state index contributed by atoms with van der Waals surface area (Å²) in [4.78, 5) is 10.5. The topological polar surface area (TPSA) is 64.4 Å². The first-order chi connectivity index (χ1) is 9.41. The number of hydrogen-bond donors (Lipinski definition) is 1. The Bertz CT molecular complexity index is 561. The fourth-order valence-electron chi connectivity index (χ4n) is 3.54. The van der Waals surface area contributed by atoms with Crippen LogP contribution in [0.1, 0.15) is 20.3 Å². The highest BCUT2D eigenvalue weighted by Crippen LogP contribution is 2.53. The lowest BCUT2D eigenvalue weighted by Crippen LogP contribution is -2.63. The number of nitro groups is 1. The van der Waals surface area contributed by atoms with Crippen molar-refractivity contribution in [3.05, 3.63) is 33.3 Å². The lowest BCUT2D eigenvalue weighted by atomic mass is 9.57. The lowest BCUT2D eigenvalue weighted by molar-refractivity contribution is -0.384. The lowest BCUT2D eigenvalue weighted by Gasteiger charge is -2.55. The maximum absolute atomic E-state index is 10.9. The van der Waals surface area contributed by atoms with E-state index in [2.05, 4.69) is 19.2 Å². The highest BCUT2D eigenvalue weighted by molar-refractivity contribution is 6.32. The van der Waals surface area contributed by atoms with Gasteiger partial charge in [-0.25, -0.2) is 0 Å². The standard InChI is InChI=1S/C14H17ClN2O3/c1-14(2)12(9-5-6-20-13(9)14)16-8-3-4-10(15)11(7-8)17(18)19/h3-4,7,9,12-13,16H,5-6H2,1-2H3. The zero-order valence-electron chi connectivity index (χ0n) is 11.4. The van der Waals surface area contributed by atoms with E-state index in [0.29, 0.717) is 12.0 Å². The quantitative estimate of drug-likeness (QED) is 0.685. The molecule has 2 aliphatic rings. The molecule has 1 saturated carbocycles. The minimum atomic E-state index is -0.457. The van der Waals surface area contributed by atoms with Crippen LogP contribution in [0.25, 0.3) is 0 Å². The second-order valence-corrected chi connectivity index (χ2v) is 6.52. The number of hydrogen-bond acceptors (Lipinski definition) is 4. The Kier molecular flexibility index (Phi) is 3.14. The molecule has 1 aromatic rings. The monoisotopic (exact) mass is 296 g/mol. The molecule has 1 aromatic carbocycles. The molecule has 1 aliphatic heterocycles. The van der Waals surface area contributed by atoms with Crippen LogP contribution in [-0.4, -0.2) is 23.7 Å². The van der Waals surface area contributed by atoms with Crippen LogP contribution in [0.5, 0.6) is 0 Å². The first-order valence-corrected chi connectivity index (χ1v) is 7.11. The Morgan fingerprint density at radius 3 is 2.95 bits per heavy atom. The molecule has 1 N–H and O–H groups in total. The summed E-state index contributed by atoms with van der Waals surface area (Å²) in [7, 11) is 0. The first kappa shape index (κ1) is 13.6. The van der Waals surface area contributed by atoms with Gasteiger partial charge in [0, 0.05) is 35.7 Å². The zero-order valence-corrected chi connectivity index (χ0v) is 12.2. The summed E-state index contributed by atoms with van der Waals surface area (Å²) < 4.78 is 5.75. The van der Waals surface area contributed by atoms with Crippen molar-refractivity contribution in [1.82, 2.24) is 0 Å². The summed E-state index contributed by atoms with van der Waals surface area (Å²) in [5.41, 5.74) is 0.716. The van der Waals surface area contributed by atoms with Crippen molar-refractivity contribution in [2.24, 2.45) is 11.3 Å². The van der Waals surface area contributed by atoms with Crippen LogP contribution < -0.4 is 5.32 Å². The van der Waals surface area contributed by atoms with Gasteiger partial charge in [0.25, 0.3) is 5.69 Å². The molecule has 0 aromatic heterocycles. The number of fused-ring (bicyclic) bond motifs is 1. The molecule has 1 aliphatic carbocycles. The smallest absolute Gasteiger partial charge is 0.289 e. The summed E-state index contributed by atoms with van der Waals surface area (Å²) in [6.45, 7) is 5.14. The van der Waals surface area contributed by atoms with Crippen LogP contribution in [0.15, 0.2) is 18.2 Å². The SMILES string of the molecule is CC1(C)C(Nc2ccc(Cl)c([N+](=O)[O-])c2)C2CCOC21. The van der Waals surface area contributed by atoms with Crippen molar-refractivity contribution in [3.8, 4) is 0 Å². The third-order valence-electron chi connectivity index (χ3n) is 4.57. The zero-order chi connectivity index (χ0) is 14.5. The summed E-state index contributed by atoms with van der Waals surface area (Å²) in [6, 6.07) is 5.13. The second kappa shape index (κ2) is 4.60. The molecule has 3 atom stereocenters. The van der Waals surface area contributed by atoms with E-state index in [0.717, 1.165) is 18.7 Å². The van der Waals surface area contributed by atoms with Crippen molar-refractivity contribution in [2.75, 3.05) is 11.9 Å². The fourth-order valence-corrected chi connectivity index (χ4v) is 3.73. The maximum Gasteiger partial charge on any atom is 0.289 e. The van der Waals surface area contributed by atoms with E-state index in [9.17, 15) is 10.1 Å². The van der Waals surface area contributed by atoms with E-state index >= 15 is 0 Å². The van der Waals surface area contributed by atoms with E-state index in [1.165, 1.54) is 6.07 Å². The Labute approximate surface area is 122 Å². The molecule has 1 saturated heterocycles. The molecule has 1 heterocycles. The van der Waals surface area contributed by atoms with Gasteiger partial charge >= 0.3 is 0 Å². The van der Waals surface area contributed by atoms with Crippen LogP contribution in [-0.2, 0) is 4.74 Å². The van der Waals surface area contributed by atoms with Crippen molar-refractivity contribution in [2.45, 2.75) is 32.4 Å². The number of ether oxygens (including phenoxy) is 1. The number of halogens is 1. The highest BCUT2D eigenvalue weighted by Gasteiger charge is 2.59. The van der Waals surface area contributed by atoms with Gasteiger partial charge in [0.2, 0.25) is 0 Å². The van der Waals surface area contributed by atoms with Gasteiger partial charge in [-0.05, 0) is 18.6 Å². The molecule has 3 unspecified atom stereocenters. The van der Waals surface area contributed by atoms with Gasteiger partial charge in [0.1, 0.15) is 5.02 Å². The number of nitrogens with one attached hydrogen (secondary N) is 1. The second-order valence-electron chi connectivity index (χ2n) is 6.11. The molecular weight excluding hydrogens is 280 g/mol. The van der Waals surface area contributed by atoms with Crippen LogP contribution >= 0.6 is 11.6 Å². The Balaban J connectivity index is 1.82. The average molecular weight is 297 g/mol. The molecule has 5 nitrogen and oxygen atoms in total. The summed E-state index contributed by atoms with van der Waals surface area (Å²) in [5, 5.41) is 14.5. The normalized spacial score (nSPS) is 30.4. The van der Waals surface area contributed by atoms with Crippen molar-refractivity contribution in [1.29, 1.82) is 0 Å². The number of nitro benzene ring substituents is 1. The molecule has 3 rings (SSSR count). The largest absolute Gasteiger partial charge is 0.381 e. The van der Waals surface area contributed by atoms with Crippen LogP contribution in [0, 0.1) is 21.4 Å². The van der Waals surface area contributed by atoms with E-state index in [-0.39, 0.29) is 22.2 Å². The van der Waals surface area contributed by atoms with Gasteiger partial charge in [0.05, 0.1) is 11.0 Å². The summed E-state index contributed by atoms with van der Waals surface area (Å²) >= 11 is 5.83. The summed E-state index contributed by atoms with van der Waals surface area (Å²) in [5.74, 6) is 0.486. The third kappa shape index (κ3) is 1.96. The maximum atomic E-state index is 10.9. The van der Waals surface area contributed by atoms with E-state index in [1.807, 2.05) is 0 Å². The first-order valence-electron chi connectivity index (χ1n) is 6.73. The number of anilines is 1. The van der Waals surface area contributed by atoms with Gasteiger partial charge in [-0.1, -0.05) is 25.4 Å². The summed E-state index contributed by atoms with van der Waals surface area (Å²) in [6.07, 6.45) is 1.34. The average Bonchev–Trinajstić information content (AvgIpc) is 2.84. The van der Waals surface area contributed by atoms with Crippen molar-refractivity contribution >= 4 is 23.0 Å². The molecule has 0 bridgehead atoms. The van der Waals surface area contributed by atoms with E-state index in [1.54, 1.807) is 12.1 Å². The van der Waals surface area contributed by atoms with Gasteiger partial charge < -0.3 is 10.1 Å². The Morgan fingerprint density at radius 2 is 2.25 bits per heavy atom. The molecule has 0 amide bonds. The molecule has 2 fully saturated rings. The predicted octanol–water partition coefficient (Wildman–Crippen LogP) is 3.47.